The van der Waals surface area contributed by atoms with Gasteiger partial charge in [-0.25, -0.2) is 9.59 Å². The van der Waals surface area contributed by atoms with Crippen LogP contribution in [0, 0.1) is 0 Å². The van der Waals surface area contributed by atoms with Crippen LogP contribution < -0.4 is 4.74 Å². The number of aliphatic hydroxyl groups excluding tert-OH is 7. The van der Waals surface area contributed by atoms with Crippen molar-refractivity contribution in [3.05, 3.63) is 65.2 Å². The lowest BCUT2D eigenvalue weighted by Gasteiger charge is -2.40. The first-order valence-corrected chi connectivity index (χ1v) is 14.3. The molecule has 2 aromatic rings. The van der Waals surface area contributed by atoms with Crippen molar-refractivity contribution < 1.29 is 79.2 Å². The molecule has 0 bridgehead atoms. The molecule has 0 aromatic heterocycles. The number of methoxy groups -OCH3 is 1. The van der Waals surface area contributed by atoms with Gasteiger partial charge in [-0.15, -0.1) is 0 Å². The van der Waals surface area contributed by atoms with Crippen molar-refractivity contribution in [1.82, 2.24) is 0 Å². The van der Waals surface area contributed by atoms with Crippen LogP contribution in [-0.2, 0) is 28.5 Å². The molecule has 0 unspecified atom stereocenters. The number of carbonyl (C=O) groups is 2. The maximum atomic E-state index is 12.3. The smallest absolute Gasteiger partial charge is 0.330 e. The van der Waals surface area contributed by atoms with Gasteiger partial charge in [0.15, 0.2) is 17.8 Å². The van der Waals surface area contributed by atoms with E-state index in [-0.39, 0.29) is 17.1 Å². The monoisotopic (exact) mass is 664 g/mol. The Hall–Kier alpha value is -4.10. The van der Waals surface area contributed by atoms with Crippen molar-refractivity contribution in [2.75, 3.05) is 20.3 Å². The Kier molecular flexibility index (Phi) is 11.9. The number of ether oxygens (including phenoxy) is 5. The van der Waals surface area contributed by atoms with Crippen molar-refractivity contribution in [2.45, 2.75) is 61.2 Å². The highest BCUT2D eigenvalue weighted by Gasteiger charge is 2.46. The lowest BCUT2D eigenvalue weighted by Crippen LogP contribution is -2.58. The zero-order chi connectivity index (χ0) is 34.4. The first-order chi connectivity index (χ1) is 22.3. The van der Waals surface area contributed by atoms with Crippen LogP contribution >= 0.6 is 0 Å². The number of phenolic OH excluding ortho intramolecular Hbond substituents is 2. The number of esters is 2. The SMILES string of the molecule is COc1cc(/C=C/C(=O)OC[C@H]2O[C@@H](c3ccc(/C=C/C(=O)OC[C@H]4O[C@@H](O)[C@H](O)[C@@H](O)[C@@H]4O)cc3O)[C@H](O)[C@@H](O)[C@@H]2O)ccc1O. The fourth-order valence-corrected chi connectivity index (χ4v) is 4.87. The van der Waals surface area contributed by atoms with Gasteiger partial charge in [0.2, 0.25) is 0 Å². The van der Waals surface area contributed by atoms with Gasteiger partial charge in [0.25, 0.3) is 0 Å². The second-order valence-corrected chi connectivity index (χ2v) is 10.8. The minimum Gasteiger partial charge on any atom is -0.508 e. The van der Waals surface area contributed by atoms with E-state index in [1.165, 1.54) is 55.7 Å². The van der Waals surface area contributed by atoms with Crippen LogP contribution in [0.15, 0.2) is 48.6 Å². The third-order valence-corrected chi connectivity index (χ3v) is 7.57. The molecule has 16 nitrogen and oxygen atoms in total. The lowest BCUT2D eigenvalue weighted by molar-refractivity contribution is -0.287. The van der Waals surface area contributed by atoms with Crippen LogP contribution in [-0.4, -0.2) is 133 Å². The Morgan fingerprint density at radius 1 is 0.681 bits per heavy atom. The highest BCUT2D eigenvalue weighted by atomic mass is 16.7. The number of phenols is 2. The molecular formula is C31H36O16. The third kappa shape index (κ3) is 8.63. The van der Waals surface area contributed by atoms with E-state index in [4.69, 9.17) is 23.7 Å². The van der Waals surface area contributed by atoms with Gasteiger partial charge in [0.05, 0.1) is 7.11 Å². The molecule has 2 saturated heterocycles. The van der Waals surface area contributed by atoms with Crippen LogP contribution in [0.4, 0.5) is 0 Å². The summed E-state index contributed by atoms with van der Waals surface area (Å²) >= 11 is 0. The fourth-order valence-electron chi connectivity index (χ4n) is 4.87. The minimum atomic E-state index is -1.79. The number of hydrogen-bond acceptors (Lipinski definition) is 16. The average Bonchev–Trinajstić information content (AvgIpc) is 3.05. The van der Waals surface area contributed by atoms with Gasteiger partial charge in [-0.3, -0.25) is 0 Å². The summed E-state index contributed by atoms with van der Waals surface area (Å²) in [5.74, 6) is -2.02. The van der Waals surface area contributed by atoms with Gasteiger partial charge in [-0.1, -0.05) is 18.2 Å². The van der Waals surface area contributed by atoms with E-state index in [0.29, 0.717) is 11.1 Å². The highest BCUT2D eigenvalue weighted by molar-refractivity contribution is 5.87. The van der Waals surface area contributed by atoms with Crippen molar-refractivity contribution >= 4 is 24.1 Å². The standard InChI is InChI=1S/C31H36O16/c1-43-19-11-15(3-7-17(19)32)5-9-23(35)44-12-20-24(36)26(38)28(40)30(46-20)16-6-2-14(10-18(16)33)4-8-22(34)45-13-21-25(37)27(39)29(41)31(42)47-21/h2-11,20-21,24-33,36-42H,12-13H2,1H3/b8-4+,9-5+/t20-,21-,24-,25-,26+,27+,28-,29-,30+,31-/m1/s1. The highest BCUT2D eigenvalue weighted by Crippen LogP contribution is 2.37. The molecule has 0 spiro atoms. The summed E-state index contributed by atoms with van der Waals surface area (Å²) in [5.41, 5.74) is 0.829. The molecule has 2 heterocycles. The number of carbonyl (C=O) groups excluding carboxylic acids is 2. The fraction of sp³-hybridized carbons (Fsp3) is 0.419. The first-order valence-electron chi connectivity index (χ1n) is 14.3. The second-order valence-electron chi connectivity index (χ2n) is 10.8. The van der Waals surface area contributed by atoms with Gasteiger partial charge in [0.1, 0.15) is 73.9 Å². The first kappa shape index (κ1) is 35.7. The maximum Gasteiger partial charge on any atom is 0.330 e. The average molecular weight is 665 g/mol. The summed E-state index contributed by atoms with van der Waals surface area (Å²) < 4.78 is 25.8. The van der Waals surface area contributed by atoms with Crippen molar-refractivity contribution in [3.63, 3.8) is 0 Å². The van der Waals surface area contributed by atoms with E-state index in [1.54, 1.807) is 0 Å². The van der Waals surface area contributed by atoms with Gasteiger partial charge in [-0.2, -0.15) is 0 Å². The molecule has 2 aliphatic rings. The Balaban J connectivity index is 1.34. The molecule has 4 rings (SSSR count). The van der Waals surface area contributed by atoms with Crippen LogP contribution in [0.5, 0.6) is 17.2 Å². The van der Waals surface area contributed by atoms with Gasteiger partial charge in [0, 0.05) is 17.7 Å². The largest absolute Gasteiger partial charge is 0.508 e. The van der Waals surface area contributed by atoms with Crippen molar-refractivity contribution in [2.24, 2.45) is 0 Å². The number of aliphatic hydroxyl groups is 7. The predicted octanol–water partition coefficient (Wildman–Crippen LogP) is -1.76. The van der Waals surface area contributed by atoms with Crippen molar-refractivity contribution in [3.8, 4) is 17.2 Å². The van der Waals surface area contributed by atoms with Crippen LogP contribution in [0.2, 0.25) is 0 Å². The summed E-state index contributed by atoms with van der Waals surface area (Å²) in [6.45, 7) is -1.07. The van der Waals surface area contributed by atoms with Gasteiger partial charge < -0.3 is 69.6 Å². The van der Waals surface area contributed by atoms with Crippen LogP contribution in [0.3, 0.4) is 0 Å². The molecule has 16 heteroatoms. The molecule has 0 aliphatic carbocycles. The molecule has 0 saturated carbocycles. The number of rotatable bonds is 10. The molecular weight excluding hydrogens is 628 g/mol. The van der Waals surface area contributed by atoms with Crippen molar-refractivity contribution in [1.29, 1.82) is 0 Å². The van der Waals surface area contributed by atoms with Crippen LogP contribution in [0.25, 0.3) is 12.2 Å². The van der Waals surface area contributed by atoms with Crippen LogP contribution in [0.1, 0.15) is 22.8 Å². The Labute approximate surface area is 267 Å². The Bertz CT molecular complexity index is 1460. The lowest BCUT2D eigenvalue weighted by atomic mass is 9.90. The number of hydrogen-bond donors (Lipinski definition) is 9. The minimum absolute atomic E-state index is 0.0171. The zero-order valence-electron chi connectivity index (χ0n) is 24.8. The molecule has 9 N–H and O–H groups in total. The number of benzene rings is 2. The molecule has 2 aromatic carbocycles. The summed E-state index contributed by atoms with van der Waals surface area (Å²) in [6, 6.07) is 8.39. The van der Waals surface area contributed by atoms with E-state index in [0.717, 1.165) is 12.2 Å². The van der Waals surface area contributed by atoms with E-state index >= 15 is 0 Å². The van der Waals surface area contributed by atoms with E-state index < -0.39 is 92.1 Å². The maximum absolute atomic E-state index is 12.3. The molecule has 47 heavy (non-hydrogen) atoms. The molecule has 0 radical (unpaired) electrons. The molecule has 256 valence electrons. The number of aromatic hydroxyl groups is 2. The van der Waals surface area contributed by atoms with E-state index in [1.807, 2.05) is 0 Å². The summed E-state index contributed by atoms with van der Waals surface area (Å²) in [6.07, 6.45) is -11.2. The predicted molar refractivity (Wildman–Crippen MR) is 157 cm³/mol. The molecule has 2 aliphatic heterocycles. The summed E-state index contributed by atoms with van der Waals surface area (Å²) in [7, 11) is 1.37. The molecule has 0 amide bonds. The Morgan fingerprint density at radius 2 is 1.21 bits per heavy atom. The van der Waals surface area contributed by atoms with Gasteiger partial charge >= 0.3 is 11.9 Å². The van der Waals surface area contributed by atoms with E-state index in [9.17, 15) is 55.5 Å². The van der Waals surface area contributed by atoms with Gasteiger partial charge in [-0.05, 0) is 41.5 Å². The zero-order valence-corrected chi connectivity index (χ0v) is 24.8. The third-order valence-electron chi connectivity index (χ3n) is 7.57. The quantitative estimate of drug-likeness (QED) is 0.101. The Morgan fingerprint density at radius 3 is 1.79 bits per heavy atom. The van der Waals surface area contributed by atoms with E-state index in [2.05, 4.69) is 0 Å². The normalized spacial score (nSPS) is 31.1. The topological polar surface area (TPSA) is 262 Å². The second kappa shape index (κ2) is 15.7. The summed E-state index contributed by atoms with van der Waals surface area (Å²) in [5, 5.41) is 90.6. The molecule has 2 fully saturated rings. The summed E-state index contributed by atoms with van der Waals surface area (Å²) in [4.78, 5) is 24.5. The molecule has 10 atom stereocenters.